The molecule has 0 atom stereocenters. The van der Waals surface area contributed by atoms with Gasteiger partial charge in [-0.25, -0.2) is 0 Å². The second-order valence-electron chi connectivity index (χ2n) is 3.99. The average molecular weight is 250 g/mol. The number of rotatable bonds is 4. The topological polar surface area (TPSA) is 60.5 Å². The largest absolute Gasteiger partial charge is 0.260 e. The SMILES string of the molecule is CCc1ccc(NN=Nc2ccccc2C#N)cc1. The molecule has 0 unspecified atom stereocenters. The molecule has 2 rings (SSSR count). The molecule has 4 nitrogen and oxygen atoms in total. The molecule has 0 amide bonds. The molecule has 0 aromatic heterocycles. The van der Waals surface area contributed by atoms with E-state index in [0.717, 1.165) is 12.1 Å². The third kappa shape index (κ3) is 3.39. The van der Waals surface area contributed by atoms with Gasteiger partial charge in [0.15, 0.2) is 0 Å². The van der Waals surface area contributed by atoms with Gasteiger partial charge in [0, 0.05) is 0 Å². The average Bonchev–Trinajstić information content (AvgIpc) is 2.48. The van der Waals surface area contributed by atoms with Crippen molar-refractivity contribution in [2.75, 3.05) is 5.43 Å². The van der Waals surface area contributed by atoms with E-state index in [0.29, 0.717) is 11.3 Å². The maximum atomic E-state index is 8.92. The van der Waals surface area contributed by atoms with Crippen LogP contribution in [0.25, 0.3) is 0 Å². The fraction of sp³-hybridized carbons (Fsp3) is 0.133. The van der Waals surface area contributed by atoms with Crippen molar-refractivity contribution in [1.82, 2.24) is 0 Å². The van der Waals surface area contributed by atoms with Crippen molar-refractivity contribution in [2.45, 2.75) is 13.3 Å². The quantitative estimate of drug-likeness (QED) is 0.652. The highest BCUT2D eigenvalue weighted by molar-refractivity contribution is 5.52. The minimum Gasteiger partial charge on any atom is -0.260 e. The highest BCUT2D eigenvalue weighted by atomic mass is 15.4. The number of benzene rings is 2. The minimum atomic E-state index is 0.509. The van der Waals surface area contributed by atoms with Gasteiger partial charge in [0.25, 0.3) is 0 Å². The number of nitrogens with zero attached hydrogens (tertiary/aromatic N) is 3. The molecule has 0 aliphatic rings. The van der Waals surface area contributed by atoms with Crippen molar-refractivity contribution in [3.63, 3.8) is 0 Å². The number of nitrogens with one attached hydrogen (secondary N) is 1. The third-order valence-corrected chi connectivity index (χ3v) is 2.72. The Morgan fingerprint density at radius 1 is 1.11 bits per heavy atom. The molecule has 0 saturated carbocycles. The number of hydrogen-bond donors (Lipinski definition) is 1. The molecule has 4 heteroatoms. The summed E-state index contributed by atoms with van der Waals surface area (Å²) in [6.45, 7) is 2.11. The van der Waals surface area contributed by atoms with Gasteiger partial charge in [-0.1, -0.05) is 36.4 Å². The second-order valence-corrected chi connectivity index (χ2v) is 3.99. The molecule has 0 aliphatic heterocycles. The zero-order chi connectivity index (χ0) is 13.5. The number of nitriles is 1. The molecule has 1 N–H and O–H groups in total. The molecule has 0 heterocycles. The van der Waals surface area contributed by atoms with E-state index < -0.39 is 0 Å². The Morgan fingerprint density at radius 2 is 1.84 bits per heavy atom. The molecule has 0 fully saturated rings. The first kappa shape index (κ1) is 12.8. The molecule has 2 aromatic rings. The van der Waals surface area contributed by atoms with Crippen molar-refractivity contribution in [1.29, 1.82) is 5.26 Å². The Bertz CT molecular complexity index is 609. The zero-order valence-corrected chi connectivity index (χ0v) is 10.7. The van der Waals surface area contributed by atoms with Gasteiger partial charge in [-0.15, -0.1) is 5.11 Å². The fourth-order valence-electron chi connectivity index (χ4n) is 1.61. The highest BCUT2D eigenvalue weighted by Gasteiger charge is 1.97. The van der Waals surface area contributed by atoms with Crippen LogP contribution in [0.15, 0.2) is 58.9 Å². The van der Waals surface area contributed by atoms with Gasteiger partial charge in [-0.2, -0.15) is 5.26 Å². The number of anilines is 1. The van der Waals surface area contributed by atoms with Crippen LogP contribution in [0, 0.1) is 11.3 Å². The van der Waals surface area contributed by atoms with Gasteiger partial charge in [0.1, 0.15) is 11.8 Å². The lowest BCUT2D eigenvalue weighted by molar-refractivity contribution is 1.11. The van der Waals surface area contributed by atoms with Crippen LogP contribution < -0.4 is 5.43 Å². The summed E-state index contributed by atoms with van der Waals surface area (Å²) in [5, 5.41) is 16.8. The van der Waals surface area contributed by atoms with E-state index in [4.69, 9.17) is 5.26 Å². The van der Waals surface area contributed by atoms with Crippen LogP contribution in [0.2, 0.25) is 0 Å². The van der Waals surface area contributed by atoms with Crippen molar-refractivity contribution < 1.29 is 0 Å². The first-order valence-corrected chi connectivity index (χ1v) is 6.08. The predicted molar refractivity (Wildman–Crippen MR) is 75.1 cm³/mol. The van der Waals surface area contributed by atoms with Crippen LogP contribution in [0.5, 0.6) is 0 Å². The van der Waals surface area contributed by atoms with E-state index in [9.17, 15) is 0 Å². The third-order valence-electron chi connectivity index (χ3n) is 2.72. The Morgan fingerprint density at radius 3 is 2.53 bits per heavy atom. The summed E-state index contributed by atoms with van der Waals surface area (Å²) < 4.78 is 0. The molecule has 0 aliphatic carbocycles. The molecule has 0 saturated heterocycles. The maximum absolute atomic E-state index is 8.92. The minimum absolute atomic E-state index is 0.509. The summed E-state index contributed by atoms with van der Waals surface area (Å²) in [5.74, 6) is 0. The van der Waals surface area contributed by atoms with Gasteiger partial charge in [-0.05, 0) is 36.2 Å². The Balaban J connectivity index is 2.05. The van der Waals surface area contributed by atoms with Crippen LogP contribution in [0.3, 0.4) is 0 Å². The Labute approximate surface area is 112 Å². The van der Waals surface area contributed by atoms with Gasteiger partial charge < -0.3 is 0 Å². The lowest BCUT2D eigenvalue weighted by atomic mass is 10.2. The van der Waals surface area contributed by atoms with E-state index in [2.05, 4.69) is 28.8 Å². The molecule has 2 aromatic carbocycles. The summed E-state index contributed by atoms with van der Waals surface area (Å²) in [5.41, 5.74) is 6.06. The van der Waals surface area contributed by atoms with Gasteiger partial charge in [0.2, 0.25) is 0 Å². The van der Waals surface area contributed by atoms with E-state index >= 15 is 0 Å². The van der Waals surface area contributed by atoms with Gasteiger partial charge >= 0.3 is 0 Å². The molecular weight excluding hydrogens is 236 g/mol. The normalized spacial score (nSPS) is 10.3. The van der Waals surface area contributed by atoms with Crippen LogP contribution in [0.1, 0.15) is 18.1 Å². The second kappa shape index (κ2) is 6.31. The van der Waals surface area contributed by atoms with Crippen LogP contribution in [-0.2, 0) is 6.42 Å². The summed E-state index contributed by atoms with van der Waals surface area (Å²) in [6, 6.07) is 17.2. The van der Waals surface area contributed by atoms with Crippen LogP contribution in [0.4, 0.5) is 11.4 Å². The fourth-order valence-corrected chi connectivity index (χ4v) is 1.61. The van der Waals surface area contributed by atoms with E-state index in [-0.39, 0.29) is 0 Å². The van der Waals surface area contributed by atoms with Crippen LogP contribution in [-0.4, -0.2) is 0 Å². The Hall–Kier alpha value is -2.67. The van der Waals surface area contributed by atoms with Crippen LogP contribution >= 0.6 is 0 Å². The highest BCUT2D eigenvalue weighted by Crippen LogP contribution is 2.18. The van der Waals surface area contributed by atoms with Gasteiger partial charge in [0.05, 0.1) is 11.3 Å². The molecular formula is C15H14N4. The summed E-state index contributed by atoms with van der Waals surface area (Å²) in [4.78, 5) is 0. The molecule has 0 bridgehead atoms. The predicted octanol–water partition coefficient (Wildman–Crippen LogP) is 4.23. The van der Waals surface area contributed by atoms with Crippen molar-refractivity contribution >= 4 is 11.4 Å². The first-order chi connectivity index (χ1) is 9.33. The van der Waals surface area contributed by atoms with Crippen molar-refractivity contribution in [3.05, 3.63) is 59.7 Å². The molecule has 0 radical (unpaired) electrons. The van der Waals surface area contributed by atoms with Gasteiger partial charge in [-0.3, -0.25) is 5.43 Å². The molecule has 94 valence electrons. The van der Waals surface area contributed by atoms with E-state index in [1.165, 1.54) is 5.56 Å². The van der Waals surface area contributed by atoms with E-state index in [1.54, 1.807) is 18.2 Å². The molecule has 0 spiro atoms. The number of aryl methyl sites for hydroxylation is 1. The first-order valence-electron chi connectivity index (χ1n) is 6.08. The summed E-state index contributed by atoms with van der Waals surface area (Å²) in [7, 11) is 0. The monoisotopic (exact) mass is 250 g/mol. The smallest absolute Gasteiger partial charge is 0.105 e. The number of hydrogen-bond acceptors (Lipinski definition) is 3. The lowest BCUT2D eigenvalue weighted by Gasteiger charge is -2.01. The summed E-state index contributed by atoms with van der Waals surface area (Å²) in [6.07, 6.45) is 1.01. The van der Waals surface area contributed by atoms with Crippen molar-refractivity contribution in [2.24, 2.45) is 10.3 Å². The maximum Gasteiger partial charge on any atom is 0.105 e. The zero-order valence-electron chi connectivity index (χ0n) is 10.7. The van der Waals surface area contributed by atoms with E-state index in [1.807, 2.05) is 30.3 Å². The Kier molecular flexibility index (Phi) is 4.25. The lowest BCUT2D eigenvalue weighted by Crippen LogP contribution is -1.87. The van der Waals surface area contributed by atoms with Crippen molar-refractivity contribution in [3.8, 4) is 6.07 Å². The molecule has 19 heavy (non-hydrogen) atoms. The summed E-state index contributed by atoms with van der Waals surface area (Å²) >= 11 is 0. The standard InChI is InChI=1S/C15H14N4/c1-2-12-7-9-14(10-8-12)17-19-18-15-6-4-3-5-13(15)11-16/h3-10H,2H2,1H3,(H,17,18).